The third kappa shape index (κ3) is 2.65. The Labute approximate surface area is 86.3 Å². The van der Waals surface area contributed by atoms with Crippen molar-refractivity contribution in [3.8, 4) is 0 Å². The van der Waals surface area contributed by atoms with Crippen LogP contribution in [0.15, 0.2) is 12.1 Å². The zero-order chi connectivity index (χ0) is 11.6. The second kappa shape index (κ2) is 4.25. The van der Waals surface area contributed by atoms with Crippen LogP contribution in [0, 0.1) is 17.6 Å². The van der Waals surface area contributed by atoms with Crippen molar-refractivity contribution in [3.05, 3.63) is 23.8 Å². The first-order valence-electron chi connectivity index (χ1n) is 4.47. The lowest BCUT2D eigenvalue weighted by Gasteiger charge is -2.09. The number of hydrogen-bond donors (Lipinski definition) is 2. The molecule has 0 unspecified atom stereocenters. The van der Waals surface area contributed by atoms with Crippen LogP contribution in [-0.2, 0) is 4.79 Å². The van der Waals surface area contributed by atoms with E-state index in [4.69, 9.17) is 5.73 Å². The first-order valence-corrected chi connectivity index (χ1v) is 4.47. The average Bonchev–Trinajstić information content (AvgIpc) is 2.13. The molecule has 0 atom stereocenters. The number of carbonyl (C=O) groups excluding carboxylic acids is 1. The maximum absolute atomic E-state index is 13.1. The van der Waals surface area contributed by atoms with E-state index in [2.05, 4.69) is 5.32 Å². The number of amides is 1. The summed E-state index contributed by atoms with van der Waals surface area (Å²) in [5, 5.41) is 2.32. The van der Waals surface area contributed by atoms with Crippen molar-refractivity contribution < 1.29 is 13.6 Å². The Morgan fingerprint density at radius 1 is 1.33 bits per heavy atom. The minimum Gasteiger partial charge on any atom is -0.396 e. The first-order chi connectivity index (χ1) is 6.91. The van der Waals surface area contributed by atoms with Crippen LogP contribution < -0.4 is 11.1 Å². The lowest BCUT2D eigenvalue weighted by molar-refractivity contribution is -0.118. The molecule has 1 aromatic rings. The van der Waals surface area contributed by atoms with Crippen molar-refractivity contribution in [2.45, 2.75) is 13.8 Å². The Morgan fingerprint density at radius 2 is 1.93 bits per heavy atom. The molecule has 0 bridgehead atoms. The van der Waals surface area contributed by atoms with Crippen LogP contribution in [0.1, 0.15) is 13.8 Å². The summed E-state index contributed by atoms with van der Waals surface area (Å²) in [6.07, 6.45) is 0. The van der Waals surface area contributed by atoms with Crippen molar-refractivity contribution in [3.63, 3.8) is 0 Å². The maximum Gasteiger partial charge on any atom is 0.227 e. The molecule has 0 fully saturated rings. The molecule has 0 spiro atoms. The van der Waals surface area contributed by atoms with Gasteiger partial charge in [-0.3, -0.25) is 4.79 Å². The lowest BCUT2D eigenvalue weighted by atomic mass is 10.2. The third-order valence-corrected chi connectivity index (χ3v) is 1.87. The Hall–Kier alpha value is -1.65. The molecule has 0 saturated heterocycles. The van der Waals surface area contributed by atoms with Crippen LogP contribution in [0.2, 0.25) is 0 Å². The third-order valence-electron chi connectivity index (χ3n) is 1.87. The number of carbonyl (C=O) groups is 1. The highest BCUT2D eigenvalue weighted by Crippen LogP contribution is 2.21. The van der Waals surface area contributed by atoms with E-state index in [9.17, 15) is 13.6 Å². The van der Waals surface area contributed by atoms with Crippen molar-refractivity contribution in [2.24, 2.45) is 5.92 Å². The zero-order valence-corrected chi connectivity index (χ0v) is 8.47. The molecule has 0 aliphatic heterocycles. The molecule has 0 aromatic heterocycles. The Kier molecular flexibility index (Phi) is 3.24. The number of hydrogen-bond acceptors (Lipinski definition) is 2. The molecule has 5 heteroatoms. The van der Waals surface area contributed by atoms with Gasteiger partial charge in [0.05, 0.1) is 11.4 Å². The quantitative estimate of drug-likeness (QED) is 0.741. The Morgan fingerprint density at radius 3 is 2.47 bits per heavy atom. The van der Waals surface area contributed by atoms with Gasteiger partial charge in [0.2, 0.25) is 5.91 Å². The molecule has 0 radical (unpaired) electrons. The second-order valence-corrected chi connectivity index (χ2v) is 3.50. The highest BCUT2D eigenvalue weighted by molar-refractivity contribution is 5.92. The van der Waals surface area contributed by atoms with Gasteiger partial charge in [0.15, 0.2) is 0 Å². The van der Waals surface area contributed by atoms with E-state index in [1.54, 1.807) is 13.8 Å². The molecule has 0 aliphatic rings. The van der Waals surface area contributed by atoms with E-state index < -0.39 is 11.6 Å². The first kappa shape index (κ1) is 11.4. The summed E-state index contributed by atoms with van der Waals surface area (Å²) in [6.45, 7) is 3.33. The van der Waals surface area contributed by atoms with Crippen LogP contribution in [0.4, 0.5) is 20.2 Å². The summed E-state index contributed by atoms with van der Waals surface area (Å²) in [7, 11) is 0. The van der Waals surface area contributed by atoms with Gasteiger partial charge in [-0.25, -0.2) is 8.78 Å². The number of halogens is 2. The van der Waals surface area contributed by atoms with Crippen molar-refractivity contribution in [1.82, 2.24) is 0 Å². The summed E-state index contributed by atoms with van der Waals surface area (Å²) in [5.74, 6) is -2.30. The lowest BCUT2D eigenvalue weighted by Crippen LogP contribution is -2.18. The number of nitrogen functional groups attached to an aromatic ring is 1. The van der Waals surface area contributed by atoms with Crippen LogP contribution >= 0.6 is 0 Å². The predicted molar refractivity (Wildman–Crippen MR) is 54.2 cm³/mol. The fourth-order valence-corrected chi connectivity index (χ4v) is 0.939. The molecule has 82 valence electrons. The van der Waals surface area contributed by atoms with Gasteiger partial charge in [-0.15, -0.1) is 0 Å². The zero-order valence-electron chi connectivity index (χ0n) is 8.47. The largest absolute Gasteiger partial charge is 0.396 e. The highest BCUT2D eigenvalue weighted by atomic mass is 19.1. The predicted octanol–water partition coefficient (Wildman–Crippen LogP) is 2.14. The summed E-state index contributed by atoms with van der Waals surface area (Å²) < 4.78 is 25.9. The number of rotatable bonds is 2. The van der Waals surface area contributed by atoms with Crippen molar-refractivity contribution in [2.75, 3.05) is 11.1 Å². The van der Waals surface area contributed by atoms with Gasteiger partial charge in [-0.05, 0) is 6.07 Å². The normalized spacial score (nSPS) is 10.5. The molecule has 1 rings (SSSR count). The molecular formula is C10H12F2N2O. The van der Waals surface area contributed by atoms with Crippen molar-refractivity contribution >= 4 is 17.3 Å². The van der Waals surface area contributed by atoms with Gasteiger partial charge in [0.1, 0.15) is 11.6 Å². The van der Waals surface area contributed by atoms with Crippen molar-refractivity contribution in [1.29, 1.82) is 0 Å². The fraction of sp³-hybridized carbons (Fsp3) is 0.300. The molecule has 1 amide bonds. The smallest absolute Gasteiger partial charge is 0.227 e. The minimum absolute atomic E-state index is 0.104. The molecule has 3 N–H and O–H groups in total. The molecule has 0 saturated carbocycles. The van der Waals surface area contributed by atoms with E-state index >= 15 is 0 Å². The second-order valence-electron chi connectivity index (χ2n) is 3.50. The molecular weight excluding hydrogens is 202 g/mol. The van der Waals surface area contributed by atoms with Gasteiger partial charge in [-0.2, -0.15) is 0 Å². The monoisotopic (exact) mass is 214 g/mol. The van der Waals surface area contributed by atoms with Crippen LogP contribution in [0.3, 0.4) is 0 Å². The number of nitrogens with two attached hydrogens (primary N) is 1. The SMILES string of the molecule is CC(C)C(=O)Nc1cc(N)c(F)cc1F. The topological polar surface area (TPSA) is 55.1 Å². The molecule has 3 nitrogen and oxygen atoms in total. The van der Waals surface area contributed by atoms with Gasteiger partial charge >= 0.3 is 0 Å². The number of nitrogens with one attached hydrogen (secondary N) is 1. The minimum atomic E-state index is -0.838. The average molecular weight is 214 g/mol. The molecule has 15 heavy (non-hydrogen) atoms. The molecule has 0 heterocycles. The van der Waals surface area contributed by atoms with Gasteiger partial charge in [0.25, 0.3) is 0 Å². The number of benzene rings is 1. The molecule has 1 aromatic carbocycles. The summed E-state index contributed by atoms with van der Waals surface area (Å²) >= 11 is 0. The highest BCUT2D eigenvalue weighted by Gasteiger charge is 2.12. The van der Waals surface area contributed by atoms with Gasteiger partial charge in [0, 0.05) is 12.0 Å². The van der Waals surface area contributed by atoms with Crippen LogP contribution in [0.5, 0.6) is 0 Å². The number of anilines is 2. The Balaban J connectivity index is 2.96. The van der Waals surface area contributed by atoms with E-state index in [0.29, 0.717) is 6.07 Å². The summed E-state index contributed by atoms with van der Waals surface area (Å²) in [5.41, 5.74) is 4.95. The van der Waals surface area contributed by atoms with E-state index in [-0.39, 0.29) is 23.2 Å². The summed E-state index contributed by atoms with van der Waals surface area (Å²) in [4.78, 5) is 11.2. The van der Waals surface area contributed by atoms with Crippen LogP contribution in [-0.4, -0.2) is 5.91 Å². The van der Waals surface area contributed by atoms with Gasteiger partial charge in [-0.1, -0.05) is 13.8 Å². The summed E-state index contributed by atoms with van der Waals surface area (Å²) in [6, 6.07) is 1.70. The van der Waals surface area contributed by atoms with E-state index in [1.807, 2.05) is 0 Å². The van der Waals surface area contributed by atoms with E-state index in [0.717, 1.165) is 6.07 Å². The van der Waals surface area contributed by atoms with Gasteiger partial charge < -0.3 is 11.1 Å². The maximum atomic E-state index is 13.1. The van der Waals surface area contributed by atoms with Crippen LogP contribution in [0.25, 0.3) is 0 Å². The molecule has 0 aliphatic carbocycles. The fourth-order valence-electron chi connectivity index (χ4n) is 0.939. The standard InChI is InChI=1S/C10H12F2N2O/c1-5(2)10(15)14-9-4-8(13)6(11)3-7(9)12/h3-5H,13H2,1-2H3,(H,14,15). The van der Waals surface area contributed by atoms with E-state index in [1.165, 1.54) is 0 Å². The Bertz CT molecular complexity index is 391.